The van der Waals surface area contributed by atoms with Crippen LogP contribution in [0.3, 0.4) is 0 Å². The first-order valence-corrected chi connectivity index (χ1v) is 7.75. The Morgan fingerprint density at radius 2 is 2.30 bits per heavy atom. The van der Waals surface area contributed by atoms with E-state index in [0.717, 1.165) is 25.9 Å². The van der Waals surface area contributed by atoms with E-state index in [-0.39, 0.29) is 47.8 Å². The van der Waals surface area contributed by atoms with Crippen molar-refractivity contribution in [2.45, 2.75) is 38.4 Å². The predicted octanol–water partition coefficient (Wildman–Crippen LogP) is 2.68. The number of nitrogens with one attached hydrogen (secondary N) is 1. The molecule has 3 N–H and O–H groups in total. The molecule has 7 heteroatoms. The van der Waals surface area contributed by atoms with Gasteiger partial charge in [-0.05, 0) is 31.4 Å². The van der Waals surface area contributed by atoms with Gasteiger partial charge in [0.05, 0.1) is 12.6 Å². The van der Waals surface area contributed by atoms with Crippen LogP contribution in [0.2, 0.25) is 0 Å². The van der Waals surface area contributed by atoms with Gasteiger partial charge in [0.2, 0.25) is 0 Å². The molecule has 0 bridgehead atoms. The molecule has 2 atom stereocenters. The van der Waals surface area contributed by atoms with Crippen molar-refractivity contribution in [2.24, 2.45) is 10.7 Å². The van der Waals surface area contributed by atoms with E-state index >= 15 is 0 Å². The van der Waals surface area contributed by atoms with Crippen LogP contribution in [-0.4, -0.2) is 37.9 Å². The summed E-state index contributed by atoms with van der Waals surface area (Å²) in [6, 6.07) is 6.36. The largest absolute Gasteiger partial charge is 0.485 e. The molecule has 0 aromatic heterocycles. The van der Waals surface area contributed by atoms with Crippen LogP contribution in [0.15, 0.2) is 29.3 Å². The van der Waals surface area contributed by atoms with E-state index in [1.165, 1.54) is 6.07 Å². The molecule has 1 aromatic carbocycles. The Morgan fingerprint density at radius 1 is 1.52 bits per heavy atom. The third kappa shape index (κ3) is 6.90. The van der Waals surface area contributed by atoms with E-state index in [1.54, 1.807) is 18.2 Å². The van der Waals surface area contributed by atoms with Crippen LogP contribution in [-0.2, 0) is 4.74 Å². The van der Waals surface area contributed by atoms with E-state index in [0.29, 0.717) is 19.0 Å². The zero-order valence-electron chi connectivity index (χ0n) is 13.3. The average molecular weight is 437 g/mol. The van der Waals surface area contributed by atoms with Crippen LogP contribution in [0.4, 0.5) is 4.39 Å². The van der Waals surface area contributed by atoms with Gasteiger partial charge >= 0.3 is 0 Å². The highest BCUT2D eigenvalue weighted by atomic mass is 127. The number of benzene rings is 1. The van der Waals surface area contributed by atoms with Crippen molar-refractivity contribution in [3.63, 3.8) is 0 Å². The van der Waals surface area contributed by atoms with E-state index in [4.69, 9.17) is 15.2 Å². The molecule has 0 amide bonds. The topological polar surface area (TPSA) is 68.9 Å². The molecule has 0 saturated carbocycles. The second-order valence-corrected chi connectivity index (χ2v) is 5.32. The average Bonchev–Trinajstić information content (AvgIpc) is 3.04. The summed E-state index contributed by atoms with van der Waals surface area (Å²) in [7, 11) is 0. The second-order valence-electron chi connectivity index (χ2n) is 5.32. The number of para-hydroxylation sites is 1. The highest BCUT2D eigenvalue weighted by Crippen LogP contribution is 2.18. The van der Waals surface area contributed by atoms with Gasteiger partial charge in [-0.3, -0.25) is 0 Å². The van der Waals surface area contributed by atoms with Crippen molar-refractivity contribution in [3.05, 3.63) is 30.1 Å². The quantitative estimate of drug-likeness (QED) is 0.391. The maximum atomic E-state index is 13.6. The molecule has 130 valence electrons. The van der Waals surface area contributed by atoms with Crippen molar-refractivity contribution >= 4 is 29.9 Å². The van der Waals surface area contributed by atoms with Crippen molar-refractivity contribution in [1.29, 1.82) is 0 Å². The molecule has 2 rings (SSSR count). The molecule has 1 aliphatic rings. The number of nitrogens with two attached hydrogens (primary N) is 1. The molecule has 2 unspecified atom stereocenters. The van der Waals surface area contributed by atoms with Crippen molar-refractivity contribution < 1.29 is 13.9 Å². The maximum Gasteiger partial charge on any atom is 0.188 e. The van der Waals surface area contributed by atoms with E-state index < -0.39 is 0 Å². The fraction of sp³-hybridized carbons (Fsp3) is 0.562. The Kier molecular flexibility index (Phi) is 9.23. The number of guanidine groups is 1. The smallest absolute Gasteiger partial charge is 0.188 e. The summed E-state index contributed by atoms with van der Waals surface area (Å²) in [5.74, 6) is 0.246. The molecule has 1 fully saturated rings. The molecule has 1 heterocycles. The molecule has 0 radical (unpaired) electrons. The minimum absolute atomic E-state index is 0. The van der Waals surface area contributed by atoms with Gasteiger partial charge < -0.3 is 20.5 Å². The Morgan fingerprint density at radius 3 is 2.96 bits per heavy atom. The number of aliphatic imine (C=N–C) groups is 1. The van der Waals surface area contributed by atoms with Gasteiger partial charge in [-0.2, -0.15) is 0 Å². The van der Waals surface area contributed by atoms with Gasteiger partial charge in [0.15, 0.2) is 17.5 Å². The lowest BCUT2D eigenvalue weighted by Crippen LogP contribution is -2.38. The normalized spacial score (nSPS) is 19.0. The number of rotatable bonds is 7. The third-order valence-electron chi connectivity index (χ3n) is 3.59. The molecule has 23 heavy (non-hydrogen) atoms. The van der Waals surface area contributed by atoms with Crippen LogP contribution in [0.5, 0.6) is 5.75 Å². The van der Waals surface area contributed by atoms with Crippen LogP contribution < -0.4 is 15.8 Å². The lowest BCUT2D eigenvalue weighted by atomic mass is 10.2. The highest BCUT2D eigenvalue weighted by molar-refractivity contribution is 14.0. The first-order chi connectivity index (χ1) is 10.7. The van der Waals surface area contributed by atoms with E-state index in [2.05, 4.69) is 10.3 Å². The number of hydrogen-bond acceptors (Lipinski definition) is 3. The number of ether oxygens (including phenoxy) is 2. The van der Waals surface area contributed by atoms with Gasteiger partial charge in [-0.1, -0.05) is 19.1 Å². The molecule has 1 saturated heterocycles. The fourth-order valence-corrected chi connectivity index (χ4v) is 2.25. The Labute approximate surface area is 153 Å². The number of nitrogens with zero attached hydrogens (tertiary/aromatic N) is 1. The molecular weight excluding hydrogens is 412 g/mol. The Balaban J connectivity index is 0.00000264. The molecular formula is C16H25FIN3O2. The fourth-order valence-electron chi connectivity index (χ4n) is 2.25. The minimum atomic E-state index is -0.366. The predicted molar refractivity (Wildman–Crippen MR) is 100.0 cm³/mol. The molecule has 5 nitrogen and oxygen atoms in total. The first-order valence-electron chi connectivity index (χ1n) is 7.75. The number of halogens is 2. The van der Waals surface area contributed by atoms with Crippen LogP contribution >= 0.6 is 24.0 Å². The molecule has 0 aliphatic carbocycles. The van der Waals surface area contributed by atoms with Gasteiger partial charge in [-0.25, -0.2) is 9.38 Å². The van der Waals surface area contributed by atoms with E-state index in [9.17, 15) is 4.39 Å². The van der Waals surface area contributed by atoms with Crippen LogP contribution in [0, 0.1) is 5.82 Å². The lowest BCUT2D eigenvalue weighted by Gasteiger charge is -2.17. The zero-order chi connectivity index (χ0) is 15.8. The maximum absolute atomic E-state index is 13.6. The lowest BCUT2D eigenvalue weighted by molar-refractivity contribution is 0.114. The van der Waals surface area contributed by atoms with Gasteiger partial charge in [0.1, 0.15) is 6.10 Å². The van der Waals surface area contributed by atoms with Crippen molar-refractivity contribution in [3.8, 4) is 5.75 Å². The zero-order valence-corrected chi connectivity index (χ0v) is 15.7. The molecule has 1 aromatic rings. The van der Waals surface area contributed by atoms with Crippen molar-refractivity contribution in [1.82, 2.24) is 5.32 Å². The number of hydrogen-bond donors (Lipinski definition) is 2. The summed E-state index contributed by atoms with van der Waals surface area (Å²) < 4.78 is 24.7. The highest BCUT2D eigenvalue weighted by Gasteiger charge is 2.15. The third-order valence-corrected chi connectivity index (χ3v) is 3.59. The monoisotopic (exact) mass is 437 g/mol. The second kappa shape index (κ2) is 10.6. The summed E-state index contributed by atoms with van der Waals surface area (Å²) in [5.41, 5.74) is 5.83. The van der Waals surface area contributed by atoms with E-state index in [1.807, 2.05) is 6.92 Å². The van der Waals surface area contributed by atoms with Crippen LogP contribution in [0.1, 0.15) is 26.2 Å². The van der Waals surface area contributed by atoms with Gasteiger partial charge in [-0.15, -0.1) is 24.0 Å². The van der Waals surface area contributed by atoms with Gasteiger partial charge in [0, 0.05) is 13.2 Å². The standard InChI is InChI=1S/C16H24FN3O2.HI/c1-2-12(22-15-8-4-3-7-14(15)17)10-19-16(18)20-11-13-6-5-9-21-13;/h3-4,7-8,12-13H,2,5-6,9-11H2,1H3,(H3,18,19,20);1H. The summed E-state index contributed by atoms with van der Waals surface area (Å²) in [6.07, 6.45) is 2.87. The van der Waals surface area contributed by atoms with Crippen molar-refractivity contribution in [2.75, 3.05) is 19.7 Å². The first kappa shape index (κ1) is 20.0. The van der Waals surface area contributed by atoms with Gasteiger partial charge in [0.25, 0.3) is 0 Å². The summed E-state index contributed by atoms with van der Waals surface area (Å²) in [4.78, 5) is 4.26. The Hall–Kier alpha value is -1.09. The molecule has 1 aliphatic heterocycles. The minimum Gasteiger partial charge on any atom is -0.485 e. The summed E-state index contributed by atoms with van der Waals surface area (Å²) in [5, 5.41) is 3.05. The molecule has 0 spiro atoms. The summed E-state index contributed by atoms with van der Waals surface area (Å²) >= 11 is 0. The SMILES string of the molecule is CCC(CN=C(N)NCC1CCCO1)Oc1ccccc1F.I. The van der Waals surface area contributed by atoms with Crippen LogP contribution in [0.25, 0.3) is 0 Å². The summed E-state index contributed by atoms with van der Waals surface area (Å²) in [6.45, 7) is 3.84. The Bertz CT molecular complexity index is 496.